The Bertz CT molecular complexity index is 414. The van der Waals surface area contributed by atoms with E-state index in [1.807, 2.05) is 13.8 Å². The average molecular weight is 254 g/mol. The van der Waals surface area contributed by atoms with Crippen molar-refractivity contribution in [2.24, 2.45) is 0 Å². The second-order valence-corrected chi connectivity index (χ2v) is 4.32. The fraction of sp³-hybridized carbons (Fsp3) is 0.750. The van der Waals surface area contributed by atoms with Gasteiger partial charge in [-0.05, 0) is 26.8 Å². The number of nitro groups is 1. The first-order valence-corrected chi connectivity index (χ1v) is 6.49. The maximum Gasteiger partial charge on any atom is 0.313 e. The number of likely N-dealkylation sites (N-methyl/N-ethyl adjacent to an activating group) is 1. The third-order valence-corrected chi connectivity index (χ3v) is 3.11. The Labute approximate surface area is 108 Å². The van der Waals surface area contributed by atoms with Crippen LogP contribution in [0, 0.1) is 17.0 Å². The van der Waals surface area contributed by atoms with Crippen molar-refractivity contribution < 1.29 is 4.92 Å². The summed E-state index contributed by atoms with van der Waals surface area (Å²) in [6.07, 6.45) is 1.59. The molecule has 18 heavy (non-hydrogen) atoms. The predicted molar refractivity (Wildman–Crippen MR) is 70.8 cm³/mol. The molecule has 0 saturated heterocycles. The summed E-state index contributed by atoms with van der Waals surface area (Å²) >= 11 is 0. The molecule has 0 aliphatic carbocycles. The molecular formula is C12H22N4O2. The van der Waals surface area contributed by atoms with Crippen molar-refractivity contribution in [1.29, 1.82) is 0 Å². The number of hydrogen-bond donors (Lipinski definition) is 1. The van der Waals surface area contributed by atoms with E-state index in [-0.39, 0.29) is 16.7 Å². The van der Waals surface area contributed by atoms with Gasteiger partial charge in [0, 0.05) is 19.0 Å². The molecule has 0 aromatic carbocycles. The molecule has 1 aromatic heterocycles. The normalized spacial score (nSPS) is 12.7. The minimum absolute atomic E-state index is 0.174. The van der Waals surface area contributed by atoms with Crippen LogP contribution in [0.25, 0.3) is 0 Å². The van der Waals surface area contributed by atoms with E-state index in [2.05, 4.69) is 17.3 Å². The summed E-state index contributed by atoms with van der Waals surface area (Å²) in [6, 6.07) is 0.259. The summed E-state index contributed by atoms with van der Waals surface area (Å²) < 4.78 is 1.74. The third kappa shape index (κ3) is 3.07. The molecule has 0 aliphatic rings. The molecule has 0 bridgehead atoms. The average Bonchev–Trinajstić information content (AvgIpc) is 2.64. The maximum absolute atomic E-state index is 11.1. The van der Waals surface area contributed by atoms with Crippen LogP contribution in [0.2, 0.25) is 0 Å². The molecule has 0 fully saturated rings. The monoisotopic (exact) mass is 254 g/mol. The third-order valence-electron chi connectivity index (χ3n) is 3.11. The molecule has 1 rings (SSSR count). The molecule has 1 heterocycles. The first-order valence-electron chi connectivity index (χ1n) is 6.49. The number of aryl methyl sites for hydroxylation is 2. The second-order valence-electron chi connectivity index (χ2n) is 4.32. The van der Waals surface area contributed by atoms with Gasteiger partial charge < -0.3 is 5.32 Å². The van der Waals surface area contributed by atoms with Crippen LogP contribution in [-0.4, -0.2) is 27.3 Å². The lowest BCUT2D eigenvalue weighted by atomic mass is 10.1. The van der Waals surface area contributed by atoms with Gasteiger partial charge in [0.2, 0.25) is 0 Å². The lowest BCUT2D eigenvalue weighted by molar-refractivity contribution is -0.386. The molecule has 0 radical (unpaired) electrons. The first-order chi connectivity index (χ1) is 8.54. The van der Waals surface area contributed by atoms with Crippen molar-refractivity contribution in [3.8, 4) is 0 Å². The summed E-state index contributed by atoms with van der Waals surface area (Å²) in [6.45, 7) is 9.30. The zero-order chi connectivity index (χ0) is 13.7. The minimum Gasteiger partial charge on any atom is -0.314 e. The van der Waals surface area contributed by atoms with Crippen molar-refractivity contribution in [1.82, 2.24) is 15.1 Å². The highest BCUT2D eigenvalue weighted by Gasteiger charge is 2.26. The van der Waals surface area contributed by atoms with Crippen molar-refractivity contribution in [2.45, 2.75) is 53.1 Å². The molecule has 0 amide bonds. The SMILES string of the molecule is CCNC(CC)Cc1c([N+](=O)[O-])c(C)nn1CC. The van der Waals surface area contributed by atoms with Crippen molar-refractivity contribution in [3.63, 3.8) is 0 Å². The Morgan fingerprint density at radius 2 is 2.11 bits per heavy atom. The Hall–Kier alpha value is -1.43. The lowest BCUT2D eigenvalue weighted by Crippen LogP contribution is -2.31. The molecule has 0 aliphatic heterocycles. The molecule has 0 spiro atoms. The van der Waals surface area contributed by atoms with Gasteiger partial charge >= 0.3 is 5.69 Å². The molecule has 6 heteroatoms. The number of nitrogens with one attached hydrogen (secondary N) is 1. The maximum atomic E-state index is 11.1. The number of rotatable bonds is 7. The van der Waals surface area contributed by atoms with Gasteiger partial charge in [-0.3, -0.25) is 14.8 Å². The fourth-order valence-corrected chi connectivity index (χ4v) is 2.20. The number of hydrogen-bond acceptors (Lipinski definition) is 4. The van der Waals surface area contributed by atoms with E-state index in [0.29, 0.717) is 18.7 Å². The summed E-state index contributed by atoms with van der Waals surface area (Å²) in [4.78, 5) is 10.8. The Kier molecular flexibility index (Phi) is 5.27. The van der Waals surface area contributed by atoms with E-state index in [9.17, 15) is 10.1 Å². The highest BCUT2D eigenvalue weighted by molar-refractivity contribution is 5.41. The predicted octanol–water partition coefficient (Wildman–Crippen LogP) is 2.05. The van der Waals surface area contributed by atoms with Gasteiger partial charge in [-0.25, -0.2) is 0 Å². The Morgan fingerprint density at radius 1 is 1.44 bits per heavy atom. The molecule has 1 unspecified atom stereocenters. The van der Waals surface area contributed by atoms with Gasteiger partial charge in [-0.15, -0.1) is 0 Å². The molecule has 1 aromatic rings. The quantitative estimate of drug-likeness (QED) is 0.597. The summed E-state index contributed by atoms with van der Waals surface area (Å²) in [5, 5.41) is 18.7. The van der Waals surface area contributed by atoms with Gasteiger partial charge in [-0.2, -0.15) is 5.10 Å². The van der Waals surface area contributed by atoms with Crippen molar-refractivity contribution in [3.05, 3.63) is 21.5 Å². The van der Waals surface area contributed by atoms with Crippen LogP contribution in [0.4, 0.5) is 5.69 Å². The van der Waals surface area contributed by atoms with E-state index in [0.717, 1.165) is 18.7 Å². The molecule has 102 valence electrons. The Balaban J connectivity index is 3.08. The largest absolute Gasteiger partial charge is 0.314 e. The van der Waals surface area contributed by atoms with Gasteiger partial charge in [0.15, 0.2) is 0 Å². The lowest BCUT2D eigenvalue weighted by Gasteiger charge is -2.15. The summed E-state index contributed by atoms with van der Waals surface area (Å²) in [5.41, 5.74) is 1.41. The van der Waals surface area contributed by atoms with Crippen LogP contribution in [-0.2, 0) is 13.0 Å². The second kappa shape index (κ2) is 6.49. The molecule has 1 atom stereocenters. The summed E-state index contributed by atoms with van der Waals surface area (Å²) in [7, 11) is 0. The van der Waals surface area contributed by atoms with Crippen LogP contribution in [0.5, 0.6) is 0 Å². The van der Waals surface area contributed by atoms with Crippen LogP contribution in [0.15, 0.2) is 0 Å². The van der Waals surface area contributed by atoms with Crippen LogP contribution < -0.4 is 5.32 Å². The molecule has 6 nitrogen and oxygen atoms in total. The van der Waals surface area contributed by atoms with E-state index >= 15 is 0 Å². The van der Waals surface area contributed by atoms with Gasteiger partial charge in [0.25, 0.3) is 0 Å². The minimum atomic E-state index is -0.317. The van der Waals surface area contributed by atoms with Crippen molar-refractivity contribution >= 4 is 5.69 Å². The van der Waals surface area contributed by atoms with Crippen molar-refractivity contribution in [2.75, 3.05) is 6.54 Å². The van der Waals surface area contributed by atoms with Gasteiger partial charge in [0.05, 0.1) is 4.92 Å². The molecule has 1 N–H and O–H groups in total. The van der Waals surface area contributed by atoms with Crippen LogP contribution in [0.3, 0.4) is 0 Å². The Morgan fingerprint density at radius 3 is 2.56 bits per heavy atom. The van der Waals surface area contributed by atoms with Crippen LogP contribution >= 0.6 is 0 Å². The highest BCUT2D eigenvalue weighted by atomic mass is 16.6. The smallest absolute Gasteiger partial charge is 0.313 e. The zero-order valence-corrected chi connectivity index (χ0v) is 11.6. The topological polar surface area (TPSA) is 73.0 Å². The van der Waals surface area contributed by atoms with E-state index in [1.54, 1.807) is 11.6 Å². The van der Waals surface area contributed by atoms with Crippen LogP contribution in [0.1, 0.15) is 38.6 Å². The first kappa shape index (κ1) is 14.6. The summed E-state index contributed by atoms with van der Waals surface area (Å²) in [5.74, 6) is 0. The van der Waals surface area contributed by atoms with E-state index < -0.39 is 0 Å². The van der Waals surface area contributed by atoms with E-state index in [1.165, 1.54) is 0 Å². The molecular weight excluding hydrogens is 232 g/mol. The van der Waals surface area contributed by atoms with Gasteiger partial charge in [0.1, 0.15) is 11.4 Å². The molecule has 0 saturated carbocycles. The van der Waals surface area contributed by atoms with Gasteiger partial charge in [-0.1, -0.05) is 13.8 Å². The highest BCUT2D eigenvalue weighted by Crippen LogP contribution is 2.24. The zero-order valence-electron chi connectivity index (χ0n) is 11.6. The number of aromatic nitrogens is 2. The van der Waals surface area contributed by atoms with E-state index in [4.69, 9.17) is 0 Å². The number of nitrogens with zero attached hydrogens (tertiary/aromatic N) is 3. The standard InChI is InChI=1S/C12H22N4O2/c1-5-10(13-6-2)8-11-12(16(17)18)9(4)14-15(11)7-3/h10,13H,5-8H2,1-4H3. The fourth-order valence-electron chi connectivity index (χ4n) is 2.20.